The van der Waals surface area contributed by atoms with Crippen LogP contribution in [-0.4, -0.2) is 42.3 Å². The van der Waals surface area contributed by atoms with Gasteiger partial charge in [-0.3, -0.25) is 19.7 Å². The fraction of sp³-hybridized carbons (Fsp3) is 0.250. The summed E-state index contributed by atoms with van der Waals surface area (Å²) < 4.78 is 5.25. The Kier molecular flexibility index (Phi) is 4.01. The van der Waals surface area contributed by atoms with Crippen LogP contribution in [0.2, 0.25) is 5.02 Å². The maximum atomic E-state index is 11.8. The number of nitrogens with one attached hydrogen (secondary N) is 1. The summed E-state index contributed by atoms with van der Waals surface area (Å²) >= 11 is 5.77. The van der Waals surface area contributed by atoms with Gasteiger partial charge in [-0.15, -0.1) is 0 Å². The maximum Gasteiger partial charge on any atom is 0.261 e. The molecular weight excluding hydrogens is 272 g/mol. The Morgan fingerprint density at radius 3 is 2.63 bits per heavy atom. The number of hydrogen-bond acceptors (Lipinski definition) is 4. The molecule has 19 heavy (non-hydrogen) atoms. The first-order valence-electron chi connectivity index (χ1n) is 5.53. The second kappa shape index (κ2) is 5.71. The molecule has 0 bridgehead atoms. The third-order valence-electron chi connectivity index (χ3n) is 2.46. The van der Waals surface area contributed by atoms with Crippen LogP contribution in [0.3, 0.4) is 0 Å². The lowest BCUT2D eigenvalue weighted by Crippen LogP contribution is -2.54. The number of carbonyl (C=O) groups is 3. The molecule has 7 heteroatoms. The SMILES string of the molecule is O=C1CN(C(=O)COc2cccc(Cl)c2)CC(=O)N1. The summed E-state index contributed by atoms with van der Waals surface area (Å²) in [5.41, 5.74) is 0. The number of hydrogen-bond donors (Lipinski definition) is 1. The van der Waals surface area contributed by atoms with E-state index in [1.54, 1.807) is 24.3 Å². The van der Waals surface area contributed by atoms with Crippen molar-refractivity contribution in [2.75, 3.05) is 19.7 Å². The van der Waals surface area contributed by atoms with Gasteiger partial charge in [0.1, 0.15) is 18.8 Å². The summed E-state index contributed by atoms with van der Waals surface area (Å²) in [6.45, 7) is -0.520. The van der Waals surface area contributed by atoms with Crippen molar-refractivity contribution >= 4 is 29.3 Å². The topological polar surface area (TPSA) is 75.7 Å². The molecule has 1 heterocycles. The van der Waals surface area contributed by atoms with Crippen molar-refractivity contribution in [1.29, 1.82) is 0 Å². The molecule has 1 aromatic carbocycles. The average Bonchev–Trinajstić information content (AvgIpc) is 2.35. The van der Waals surface area contributed by atoms with Crippen molar-refractivity contribution in [2.45, 2.75) is 0 Å². The van der Waals surface area contributed by atoms with Crippen molar-refractivity contribution in [2.24, 2.45) is 0 Å². The molecule has 6 nitrogen and oxygen atoms in total. The van der Waals surface area contributed by atoms with E-state index >= 15 is 0 Å². The standard InChI is InChI=1S/C12H11ClN2O4/c13-8-2-1-3-9(4-8)19-7-12(18)15-5-10(16)14-11(17)6-15/h1-4H,5-7H2,(H,14,16,17). The summed E-state index contributed by atoms with van der Waals surface area (Å²) in [6, 6.07) is 6.61. The number of rotatable bonds is 3. The Hall–Kier alpha value is -2.08. The van der Waals surface area contributed by atoms with Gasteiger partial charge in [0.2, 0.25) is 11.8 Å². The van der Waals surface area contributed by atoms with E-state index in [1.165, 1.54) is 0 Å². The highest BCUT2D eigenvalue weighted by Crippen LogP contribution is 2.17. The van der Waals surface area contributed by atoms with Crippen molar-refractivity contribution in [3.63, 3.8) is 0 Å². The number of ether oxygens (including phenoxy) is 1. The predicted octanol–water partition coefficient (Wildman–Crippen LogP) is 0.204. The van der Waals surface area contributed by atoms with Crippen molar-refractivity contribution in [1.82, 2.24) is 10.2 Å². The molecule has 0 aliphatic carbocycles. The molecule has 2 rings (SSSR count). The summed E-state index contributed by atoms with van der Waals surface area (Å²) in [5, 5.41) is 2.61. The third kappa shape index (κ3) is 3.69. The van der Waals surface area contributed by atoms with Crippen LogP contribution in [0.5, 0.6) is 5.75 Å². The zero-order valence-corrected chi connectivity index (χ0v) is 10.6. The van der Waals surface area contributed by atoms with Crippen LogP contribution in [0.1, 0.15) is 0 Å². The third-order valence-corrected chi connectivity index (χ3v) is 2.69. The van der Waals surface area contributed by atoms with Gasteiger partial charge in [0.25, 0.3) is 5.91 Å². The summed E-state index contributed by atoms with van der Waals surface area (Å²) in [7, 11) is 0. The van der Waals surface area contributed by atoms with Crippen LogP contribution in [0.4, 0.5) is 0 Å². The van der Waals surface area contributed by atoms with Crippen molar-refractivity contribution in [3.8, 4) is 5.75 Å². The molecule has 1 aromatic rings. The largest absolute Gasteiger partial charge is 0.484 e. The zero-order chi connectivity index (χ0) is 13.8. The van der Waals surface area contributed by atoms with E-state index in [-0.39, 0.29) is 19.7 Å². The first kappa shape index (κ1) is 13.4. The highest BCUT2D eigenvalue weighted by molar-refractivity contribution is 6.30. The number of piperazine rings is 1. The Morgan fingerprint density at radius 1 is 1.32 bits per heavy atom. The summed E-state index contributed by atoms with van der Waals surface area (Å²) in [6.07, 6.45) is 0. The van der Waals surface area contributed by atoms with E-state index in [0.29, 0.717) is 10.8 Å². The number of nitrogens with zero attached hydrogens (tertiary/aromatic N) is 1. The Morgan fingerprint density at radius 2 is 2.00 bits per heavy atom. The fourth-order valence-electron chi connectivity index (χ4n) is 1.61. The minimum absolute atomic E-state index is 0.135. The van der Waals surface area contributed by atoms with Gasteiger partial charge < -0.3 is 9.64 Å². The molecule has 1 aliphatic heterocycles. The predicted molar refractivity (Wildman–Crippen MR) is 66.7 cm³/mol. The van der Waals surface area contributed by atoms with E-state index in [2.05, 4.69) is 5.32 Å². The first-order chi connectivity index (χ1) is 9.04. The van der Waals surface area contributed by atoms with Gasteiger partial charge in [-0.2, -0.15) is 0 Å². The Bertz CT molecular complexity index is 516. The van der Waals surface area contributed by atoms with Gasteiger partial charge in [0.05, 0.1) is 0 Å². The lowest BCUT2D eigenvalue weighted by molar-refractivity contribution is -0.146. The number of imide groups is 1. The normalized spacial score (nSPS) is 15.1. The molecule has 0 aromatic heterocycles. The second-order valence-electron chi connectivity index (χ2n) is 3.97. The van der Waals surface area contributed by atoms with Crippen LogP contribution >= 0.6 is 11.6 Å². The molecule has 3 amide bonds. The van der Waals surface area contributed by atoms with E-state index in [9.17, 15) is 14.4 Å². The van der Waals surface area contributed by atoms with Gasteiger partial charge in [-0.05, 0) is 18.2 Å². The lowest BCUT2D eigenvalue weighted by atomic mass is 10.3. The molecule has 1 aliphatic rings. The first-order valence-corrected chi connectivity index (χ1v) is 5.91. The molecule has 100 valence electrons. The van der Waals surface area contributed by atoms with Crippen LogP contribution in [0.15, 0.2) is 24.3 Å². The van der Waals surface area contributed by atoms with Gasteiger partial charge in [-0.1, -0.05) is 17.7 Å². The zero-order valence-electron chi connectivity index (χ0n) is 9.89. The molecule has 0 spiro atoms. The van der Waals surface area contributed by atoms with E-state index in [1.807, 2.05) is 0 Å². The van der Waals surface area contributed by atoms with E-state index in [0.717, 1.165) is 4.90 Å². The molecule has 0 atom stereocenters. The molecule has 0 unspecified atom stereocenters. The van der Waals surface area contributed by atoms with Gasteiger partial charge in [0.15, 0.2) is 6.61 Å². The fourth-order valence-corrected chi connectivity index (χ4v) is 1.79. The maximum absolute atomic E-state index is 11.8. The smallest absolute Gasteiger partial charge is 0.261 e. The van der Waals surface area contributed by atoms with Crippen LogP contribution in [-0.2, 0) is 14.4 Å². The Labute approximate surface area is 114 Å². The average molecular weight is 283 g/mol. The minimum atomic E-state index is -0.493. The number of halogens is 1. The number of amides is 3. The highest BCUT2D eigenvalue weighted by atomic mass is 35.5. The van der Waals surface area contributed by atoms with E-state index in [4.69, 9.17) is 16.3 Å². The van der Waals surface area contributed by atoms with Crippen LogP contribution in [0, 0.1) is 0 Å². The van der Waals surface area contributed by atoms with Gasteiger partial charge >= 0.3 is 0 Å². The van der Waals surface area contributed by atoms with Crippen LogP contribution in [0.25, 0.3) is 0 Å². The molecule has 1 fully saturated rings. The summed E-state index contributed by atoms with van der Waals surface area (Å²) in [4.78, 5) is 35.2. The number of benzene rings is 1. The van der Waals surface area contributed by atoms with Crippen molar-refractivity contribution < 1.29 is 19.1 Å². The van der Waals surface area contributed by atoms with Crippen LogP contribution < -0.4 is 10.1 Å². The molecular formula is C12H11ClN2O4. The monoisotopic (exact) mass is 282 g/mol. The molecule has 1 N–H and O–H groups in total. The molecule has 0 saturated carbocycles. The van der Waals surface area contributed by atoms with Crippen molar-refractivity contribution in [3.05, 3.63) is 29.3 Å². The molecule has 0 radical (unpaired) electrons. The van der Waals surface area contributed by atoms with E-state index < -0.39 is 17.7 Å². The van der Waals surface area contributed by atoms with Gasteiger partial charge in [0, 0.05) is 5.02 Å². The molecule has 1 saturated heterocycles. The Balaban J connectivity index is 1.90. The summed E-state index contributed by atoms with van der Waals surface area (Å²) in [5.74, 6) is -0.962. The second-order valence-corrected chi connectivity index (χ2v) is 4.40. The van der Waals surface area contributed by atoms with Gasteiger partial charge in [-0.25, -0.2) is 0 Å². The number of carbonyl (C=O) groups excluding carboxylic acids is 3. The minimum Gasteiger partial charge on any atom is -0.484 e. The quantitative estimate of drug-likeness (QED) is 0.804. The highest BCUT2D eigenvalue weighted by Gasteiger charge is 2.26. The lowest BCUT2D eigenvalue weighted by Gasteiger charge is -2.25.